The molecule has 0 aromatic carbocycles. The van der Waals surface area contributed by atoms with Crippen LogP contribution in [0.3, 0.4) is 0 Å². The van der Waals surface area contributed by atoms with Crippen LogP contribution in [0.5, 0.6) is 5.75 Å². The number of hydrogen-bond acceptors (Lipinski definition) is 6. The van der Waals surface area contributed by atoms with Crippen molar-refractivity contribution in [1.82, 2.24) is 20.3 Å². The van der Waals surface area contributed by atoms with Crippen molar-refractivity contribution < 1.29 is 27.4 Å². The normalized spacial score (nSPS) is 12.7. The number of rotatable bonds is 10. The Labute approximate surface area is 188 Å². The molecule has 0 saturated heterocycles. The maximum absolute atomic E-state index is 12.5. The van der Waals surface area contributed by atoms with Crippen LogP contribution in [0.2, 0.25) is 0 Å². The smallest absolute Gasteiger partial charge is 0.405 e. The maximum Gasteiger partial charge on any atom is 0.405 e. The first-order chi connectivity index (χ1) is 15.7. The molecule has 3 aromatic rings. The first-order valence-electron chi connectivity index (χ1n) is 10.3. The summed E-state index contributed by atoms with van der Waals surface area (Å²) in [6, 6.07) is 2.76. The summed E-state index contributed by atoms with van der Waals surface area (Å²) in [5.41, 5.74) is 2.71. The Morgan fingerprint density at radius 2 is 1.97 bits per heavy atom. The van der Waals surface area contributed by atoms with Crippen LogP contribution in [0.15, 0.2) is 36.9 Å². The number of carbonyl (C=O) groups excluding carboxylic acids is 1. The molecule has 0 spiro atoms. The monoisotopic (exact) mass is 465 g/mol. The standard InChI is InChI=1S/C22H26F3N5O3/c1-13(2)19(21(31)29-12-22(23,24)25)30-15-6-14(8-26-9-15)18-11-28-20-17(18)7-16(10-27-20)33-5-4-32-3/h6-11,13,19,30H,4-5,12H2,1-3H3,(H,27,28)(H,29,31). The number of H-pyrrole nitrogens is 1. The van der Waals surface area contributed by atoms with E-state index in [0.29, 0.717) is 30.3 Å². The highest BCUT2D eigenvalue weighted by Gasteiger charge is 2.30. The Kier molecular flexibility index (Phi) is 7.75. The first-order valence-corrected chi connectivity index (χ1v) is 10.3. The van der Waals surface area contributed by atoms with E-state index in [1.54, 1.807) is 45.6 Å². The summed E-state index contributed by atoms with van der Waals surface area (Å²) in [6.07, 6.45) is 2.09. The molecular formula is C22H26F3N5O3. The van der Waals surface area contributed by atoms with Gasteiger partial charge in [0.15, 0.2) is 0 Å². The van der Waals surface area contributed by atoms with Gasteiger partial charge in [0.2, 0.25) is 5.91 Å². The van der Waals surface area contributed by atoms with Gasteiger partial charge in [0.1, 0.15) is 30.6 Å². The molecule has 0 aliphatic heterocycles. The van der Waals surface area contributed by atoms with Gasteiger partial charge in [-0.05, 0) is 18.1 Å². The molecule has 0 aliphatic carbocycles. The number of hydrogen-bond donors (Lipinski definition) is 3. The number of aromatic nitrogens is 3. The fourth-order valence-electron chi connectivity index (χ4n) is 3.22. The number of aromatic amines is 1. The van der Waals surface area contributed by atoms with Gasteiger partial charge in [0, 0.05) is 42.2 Å². The fraction of sp³-hybridized carbons (Fsp3) is 0.409. The molecule has 1 atom stereocenters. The predicted octanol–water partition coefficient (Wildman–Crippen LogP) is 3.77. The van der Waals surface area contributed by atoms with E-state index in [4.69, 9.17) is 9.47 Å². The first kappa shape index (κ1) is 24.3. The van der Waals surface area contributed by atoms with Crippen LogP contribution in [-0.2, 0) is 9.53 Å². The van der Waals surface area contributed by atoms with E-state index in [1.165, 1.54) is 6.20 Å². The molecule has 0 saturated carbocycles. The zero-order valence-corrected chi connectivity index (χ0v) is 18.5. The number of pyridine rings is 2. The lowest BCUT2D eigenvalue weighted by Gasteiger charge is -2.23. The zero-order valence-electron chi connectivity index (χ0n) is 18.5. The van der Waals surface area contributed by atoms with Crippen molar-refractivity contribution in [2.45, 2.75) is 26.1 Å². The summed E-state index contributed by atoms with van der Waals surface area (Å²) in [7, 11) is 1.59. The predicted molar refractivity (Wildman–Crippen MR) is 118 cm³/mol. The van der Waals surface area contributed by atoms with Crippen molar-refractivity contribution in [3.05, 3.63) is 36.9 Å². The van der Waals surface area contributed by atoms with Gasteiger partial charge >= 0.3 is 6.18 Å². The highest BCUT2D eigenvalue weighted by Crippen LogP contribution is 2.31. The molecule has 1 amide bonds. The number of amides is 1. The second kappa shape index (κ2) is 10.5. The van der Waals surface area contributed by atoms with E-state index in [0.717, 1.165) is 16.5 Å². The van der Waals surface area contributed by atoms with Crippen LogP contribution in [0.1, 0.15) is 13.8 Å². The van der Waals surface area contributed by atoms with Gasteiger partial charge in [0.25, 0.3) is 0 Å². The molecule has 3 N–H and O–H groups in total. The summed E-state index contributed by atoms with van der Waals surface area (Å²) in [6.45, 7) is 2.95. The number of nitrogens with one attached hydrogen (secondary N) is 3. The largest absolute Gasteiger partial charge is 0.490 e. The fourth-order valence-corrected chi connectivity index (χ4v) is 3.22. The van der Waals surface area contributed by atoms with Gasteiger partial charge in [-0.2, -0.15) is 13.2 Å². The minimum absolute atomic E-state index is 0.258. The molecule has 8 nitrogen and oxygen atoms in total. The molecule has 3 heterocycles. The second-order valence-electron chi connectivity index (χ2n) is 7.77. The Hall–Kier alpha value is -3.34. The molecule has 3 rings (SSSR count). The van der Waals surface area contributed by atoms with Crippen molar-refractivity contribution in [3.63, 3.8) is 0 Å². The molecule has 1 unspecified atom stereocenters. The van der Waals surface area contributed by atoms with Crippen molar-refractivity contribution in [2.75, 3.05) is 32.2 Å². The van der Waals surface area contributed by atoms with Crippen molar-refractivity contribution in [1.29, 1.82) is 0 Å². The number of halogens is 3. The number of methoxy groups -OCH3 is 1. The molecule has 0 fully saturated rings. The second-order valence-corrected chi connectivity index (χ2v) is 7.77. The van der Waals surface area contributed by atoms with Gasteiger partial charge < -0.3 is 25.1 Å². The van der Waals surface area contributed by atoms with Crippen LogP contribution in [-0.4, -0.2) is 59.9 Å². The van der Waals surface area contributed by atoms with Crippen LogP contribution in [0.4, 0.5) is 18.9 Å². The molecule has 11 heteroatoms. The third kappa shape index (κ3) is 6.58. The average Bonchev–Trinajstić information content (AvgIpc) is 3.19. The number of nitrogens with zero attached hydrogens (tertiary/aromatic N) is 2. The third-order valence-electron chi connectivity index (χ3n) is 4.85. The SMILES string of the molecule is COCCOc1cnc2[nH]cc(-c3cncc(NC(C(=O)NCC(F)(F)F)C(C)C)c3)c2c1. The Bertz CT molecular complexity index is 1080. The van der Waals surface area contributed by atoms with E-state index < -0.39 is 24.7 Å². The third-order valence-corrected chi connectivity index (χ3v) is 4.85. The van der Waals surface area contributed by atoms with Crippen LogP contribution < -0.4 is 15.4 Å². The molecule has 33 heavy (non-hydrogen) atoms. The summed E-state index contributed by atoms with van der Waals surface area (Å²) in [5.74, 6) is -0.406. The Balaban J connectivity index is 1.81. The molecule has 0 bridgehead atoms. The minimum atomic E-state index is -4.48. The molecule has 0 aliphatic rings. The number of alkyl halides is 3. The topological polar surface area (TPSA) is 101 Å². The lowest BCUT2D eigenvalue weighted by Crippen LogP contribution is -2.46. The minimum Gasteiger partial charge on any atom is -0.490 e. The quantitative estimate of drug-likeness (QED) is 0.394. The number of carbonyl (C=O) groups is 1. The maximum atomic E-state index is 12.5. The highest BCUT2D eigenvalue weighted by atomic mass is 19.4. The summed E-state index contributed by atoms with van der Waals surface area (Å²) in [5, 5.41) is 5.75. The van der Waals surface area contributed by atoms with Gasteiger partial charge in [-0.25, -0.2) is 4.98 Å². The highest BCUT2D eigenvalue weighted by molar-refractivity contribution is 5.94. The Morgan fingerprint density at radius 3 is 2.67 bits per heavy atom. The van der Waals surface area contributed by atoms with E-state index in [1.807, 2.05) is 11.4 Å². The molecule has 178 valence electrons. The van der Waals surface area contributed by atoms with Crippen molar-refractivity contribution in [2.24, 2.45) is 5.92 Å². The van der Waals surface area contributed by atoms with Crippen LogP contribution in [0.25, 0.3) is 22.2 Å². The average molecular weight is 465 g/mol. The van der Waals surface area contributed by atoms with Crippen LogP contribution in [0, 0.1) is 5.92 Å². The number of fused-ring (bicyclic) bond motifs is 1. The summed E-state index contributed by atoms with van der Waals surface area (Å²) < 4.78 is 48.1. The molecule has 3 aromatic heterocycles. The zero-order chi connectivity index (χ0) is 24.0. The van der Waals surface area contributed by atoms with Gasteiger partial charge in [0.05, 0.1) is 18.5 Å². The van der Waals surface area contributed by atoms with Gasteiger partial charge in [-0.15, -0.1) is 0 Å². The van der Waals surface area contributed by atoms with Crippen molar-refractivity contribution >= 4 is 22.6 Å². The van der Waals surface area contributed by atoms with E-state index in [2.05, 4.69) is 20.3 Å². The molecular weight excluding hydrogens is 439 g/mol. The number of ether oxygens (including phenoxy) is 2. The summed E-state index contributed by atoms with van der Waals surface area (Å²) >= 11 is 0. The van der Waals surface area contributed by atoms with Crippen molar-refractivity contribution in [3.8, 4) is 16.9 Å². The van der Waals surface area contributed by atoms with Gasteiger partial charge in [-0.1, -0.05) is 13.8 Å². The Morgan fingerprint density at radius 1 is 1.18 bits per heavy atom. The summed E-state index contributed by atoms with van der Waals surface area (Å²) in [4.78, 5) is 24.0. The lowest BCUT2D eigenvalue weighted by molar-refractivity contribution is -0.139. The molecule has 0 radical (unpaired) electrons. The van der Waals surface area contributed by atoms with E-state index in [-0.39, 0.29) is 5.92 Å². The van der Waals surface area contributed by atoms with E-state index in [9.17, 15) is 18.0 Å². The van der Waals surface area contributed by atoms with E-state index >= 15 is 0 Å². The number of anilines is 1. The lowest BCUT2D eigenvalue weighted by atomic mass is 10.0. The van der Waals surface area contributed by atoms with Crippen LogP contribution >= 0.6 is 0 Å². The van der Waals surface area contributed by atoms with Gasteiger partial charge in [-0.3, -0.25) is 9.78 Å².